The second kappa shape index (κ2) is 16.3. The van der Waals surface area contributed by atoms with Crippen LogP contribution in [0.3, 0.4) is 0 Å². The summed E-state index contributed by atoms with van der Waals surface area (Å²) in [6.45, 7) is 9.43. The van der Waals surface area contributed by atoms with Crippen LogP contribution >= 0.6 is 0 Å². The van der Waals surface area contributed by atoms with Gasteiger partial charge in [-0.15, -0.1) is 0 Å². The monoisotopic (exact) mass is 655 g/mol. The first-order valence-electron chi connectivity index (χ1n) is 16.0. The molecule has 4 aromatic rings. The number of hydrogen-bond donors (Lipinski definition) is 1. The van der Waals surface area contributed by atoms with Crippen LogP contribution in [0.1, 0.15) is 49.4 Å². The van der Waals surface area contributed by atoms with Gasteiger partial charge < -0.3 is 15.0 Å². The van der Waals surface area contributed by atoms with Crippen LogP contribution in [0.4, 0.5) is 5.69 Å². The summed E-state index contributed by atoms with van der Waals surface area (Å²) in [6, 6.07) is 29.6. The number of carbonyl (C=O) groups is 2. The van der Waals surface area contributed by atoms with E-state index in [9.17, 15) is 18.0 Å². The lowest BCUT2D eigenvalue weighted by atomic mass is 10.0. The predicted octanol–water partition coefficient (Wildman–Crippen LogP) is 6.45. The van der Waals surface area contributed by atoms with E-state index in [4.69, 9.17) is 4.74 Å². The predicted molar refractivity (Wildman–Crippen MR) is 187 cm³/mol. The standard InChI is InChI=1S/C38H45N3O5S/c1-6-30(5)39-38(43)35(25-31-15-9-8-10-16-31)40(26-32-17-13-14-29(4)24-32)37(42)27-41(34-18-11-12-19-36(34)46-7-2)47(44,45)33-22-20-28(3)21-23-33/h8-24,30,35H,6-7,25-27H2,1-5H3,(H,39,43)/t30-,35+/m0/s1. The molecular formula is C38H45N3O5S. The van der Waals surface area contributed by atoms with E-state index in [-0.39, 0.29) is 35.5 Å². The molecule has 0 unspecified atom stereocenters. The lowest BCUT2D eigenvalue weighted by Crippen LogP contribution is -2.54. The van der Waals surface area contributed by atoms with E-state index in [0.717, 1.165) is 26.6 Å². The van der Waals surface area contributed by atoms with E-state index >= 15 is 0 Å². The number of anilines is 1. The molecule has 0 saturated heterocycles. The summed E-state index contributed by atoms with van der Waals surface area (Å²) in [5.41, 5.74) is 3.86. The summed E-state index contributed by atoms with van der Waals surface area (Å²) in [6.07, 6.45) is 0.966. The molecule has 0 spiro atoms. The second-order valence-corrected chi connectivity index (χ2v) is 13.6. The van der Waals surface area contributed by atoms with E-state index in [0.29, 0.717) is 18.8 Å². The number of benzene rings is 4. The number of aryl methyl sites for hydroxylation is 2. The molecule has 0 aliphatic heterocycles. The molecule has 47 heavy (non-hydrogen) atoms. The molecule has 9 heteroatoms. The van der Waals surface area contributed by atoms with Gasteiger partial charge in [0.2, 0.25) is 11.8 Å². The number of nitrogens with zero attached hydrogens (tertiary/aromatic N) is 2. The Labute approximate surface area is 279 Å². The van der Waals surface area contributed by atoms with Crippen molar-refractivity contribution in [3.05, 3.63) is 125 Å². The average Bonchev–Trinajstić information content (AvgIpc) is 3.06. The zero-order valence-electron chi connectivity index (χ0n) is 27.8. The smallest absolute Gasteiger partial charge is 0.264 e. The van der Waals surface area contributed by atoms with Crippen molar-refractivity contribution in [3.8, 4) is 5.75 Å². The van der Waals surface area contributed by atoms with E-state index < -0.39 is 28.5 Å². The number of ether oxygens (including phenoxy) is 1. The number of para-hydroxylation sites is 2. The van der Waals surface area contributed by atoms with Crippen LogP contribution in [0.15, 0.2) is 108 Å². The number of amides is 2. The van der Waals surface area contributed by atoms with Crippen molar-refractivity contribution in [2.75, 3.05) is 17.5 Å². The van der Waals surface area contributed by atoms with Crippen molar-refractivity contribution in [1.29, 1.82) is 0 Å². The molecule has 4 rings (SSSR count). The van der Waals surface area contributed by atoms with Crippen LogP contribution < -0.4 is 14.4 Å². The zero-order chi connectivity index (χ0) is 34.0. The van der Waals surface area contributed by atoms with Gasteiger partial charge in [0.15, 0.2) is 0 Å². The van der Waals surface area contributed by atoms with Crippen molar-refractivity contribution in [1.82, 2.24) is 10.2 Å². The van der Waals surface area contributed by atoms with E-state index in [1.54, 1.807) is 36.4 Å². The van der Waals surface area contributed by atoms with Crippen LogP contribution in [-0.4, -0.2) is 50.4 Å². The fourth-order valence-electron chi connectivity index (χ4n) is 5.29. The van der Waals surface area contributed by atoms with Gasteiger partial charge in [-0.2, -0.15) is 0 Å². The minimum absolute atomic E-state index is 0.0442. The normalized spacial score (nSPS) is 12.5. The Morgan fingerprint density at radius 1 is 0.809 bits per heavy atom. The molecule has 248 valence electrons. The number of rotatable bonds is 15. The minimum atomic E-state index is -4.24. The molecular weight excluding hydrogens is 611 g/mol. The highest BCUT2D eigenvalue weighted by Gasteiger charge is 2.35. The third kappa shape index (κ3) is 9.23. The van der Waals surface area contributed by atoms with Gasteiger partial charge in [0.1, 0.15) is 18.3 Å². The Morgan fingerprint density at radius 3 is 2.13 bits per heavy atom. The van der Waals surface area contributed by atoms with Crippen molar-refractivity contribution in [3.63, 3.8) is 0 Å². The summed E-state index contributed by atoms with van der Waals surface area (Å²) in [5, 5.41) is 3.07. The molecule has 4 aromatic carbocycles. The van der Waals surface area contributed by atoms with Crippen LogP contribution in [0.25, 0.3) is 0 Å². The van der Waals surface area contributed by atoms with Crippen molar-refractivity contribution in [2.24, 2.45) is 0 Å². The van der Waals surface area contributed by atoms with Crippen LogP contribution in [0, 0.1) is 13.8 Å². The van der Waals surface area contributed by atoms with E-state index in [2.05, 4.69) is 5.32 Å². The SMILES string of the molecule is CCOc1ccccc1N(CC(=O)N(Cc1cccc(C)c1)[C@H](Cc1ccccc1)C(=O)N[C@@H](C)CC)S(=O)(=O)c1ccc(C)cc1. The Balaban J connectivity index is 1.84. The molecule has 0 saturated carbocycles. The molecule has 0 aliphatic carbocycles. The van der Waals surface area contributed by atoms with E-state index in [1.165, 1.54) is 17.0 Å². The van der Waals surface area contributed by atoms with Gasteiger partial charge >= 0.3 is 0 Å². The molecule has 0 bridgehead atoms. The Hall–Kier alpha value is -4.63. The molecule has 0 heterocycles. The summed E-state index contributed by atoms with van der Waals surface area (Å²) in [5.74, 6) is -0.486. The summed E-state index contributed by atoms with van der Waals surface area (Å²) < 4.78 is 35.7. The van der Waals surface area contributed by atoms with Crippen molar-refractivity contribution in [2.45, 2.75) is 71.0 Å². The Morgan fingerprint density at radius 2 is 1.47 bits per heavy atom. The van der Waals surface area contributed by atoms with Gasteiger partial charge in [-0.25, -0.2) is 8.42 Å². The summed E-state index contributed by atoms with van der Waals surface area (Å²) >= 11 is 0. The topological polar surface area (TPSA) is 96.0 Å². The maximum atomic E-state index is 14.7. The molecule has 2 atom stereocenters. The Kier molecular flexibility index (Phi) is 12.2. The van der Waals surface area contributed by atoms with Gasteiger partial charge in [0.05, 0.1) is 17.2 Å². The Bertz CT molecular complexity index is 1740. The zero-order valence-corrected chi connectivity index (χ0v) is 28.7. The first-order valence-corrected chi connectivity index (χ1v) is 17.5. The highest BCUT2D eigenvalue weighted by atomic mass is 32.2. The average molecular weight is 656 g/mol. The quantitative estimate of drug-likeness (QED) is 0.159. The molecule has 0 aromatic heterocycles. The maximum absolute atomic E-state index is 14.7. The fraction of sp³-hybridized carbons (Fsp3) is 0.316. The molecule has 8 nitrogen and oxygen atoms in total. The van der Waals surface area contributed by atoms with E-state index in [1.807, 2.05) is 89.2 Å². The largest absolute Gasteiger partial charge is 0.492 e. The number of sulfonamides is 1. The third-order valence-corrected chi connectivity index (χ3v) is 9.80. The number of hydrogen-bond acceptors (Lipinski definition) is 5. The highest BCUT2D eigenvalue weighted by Crippen LogP contribution is 2.33. The van der Waals surface area contributed by atoms with Crippen molar-refractivity contribution >= 4 is 27.5 Å². The van der Waals surface area contributed by atoms with Crippen LogP contribution in [0.5, 0.6) is 5.75 Å². The first-order chi connectivity index (χ1) is 22.5. The first kappa shape index (κ1) is 35.2. The lowest BCUT2D eigenvalue weighted by Gasteiger charge is -2.34. The summed E-state index contributed by atoms with van der Waals surface area (Å²) in [7, 11) is -4.24. The molecule has 1 N–H and O–H groups in total. The van der Waals surface area contributed by atoms with Gasteiger partial charge in [0, 0.05) is 19.0 Å². The van der Waals surface area contributed by atoms with Gasteiger partial charge in [0.25, 0.3) is 10.0 Å². The van der Waals surface area contributed by atoms with Gasteiger partial charge in [-0.3, -0.25) is 13.9 Å². The van der Waals surface area contributed by atoms with Gasteiger partial charge in [-0.05, 0) is 69.5 Å². The van der Waals surface area contributed by atoms with Crippen LogP contribution in [0.2, 0.25) is 0 Å². The molecule has 2 amide bonds. The molecule has 0 radical (unpaired) electrons. The second-order valence-electron chi connectivity index (χ2n) is 11.8. The summed E-state index contributed by atoms with van der Waals surface area (Å²) in [4.78, 5) is 30.3. The maximum Gasteiger partial charge on any atom is 0.264 e. The van der Waals surface area contributed by atoms with Gasteiger partial charge in [-0.1, -0.05) is 96.9 Å². The third-order valence-electron chi connectivity index (χ3n) is 8.03. The number of carbonyl (C=O) groups excluding carboxylic acids is 2. The highest BCUT2D eigenvalue weighted by molar-refractivity contribution is 7.92. The fourth-order valence-corrected chi connectivity index (χ4v) is 6.72. The number of nitrogens with one attached hydrogen (secondary N) is 1. The van der Waals surface area contributed by atoms with Crippen molar-refractivity contribution < 1.29 is 22.7 Å². The minimum Gasteiger partial charge on any atom is -0.492 e. The molecule has 0 fully saturated rings. The lowest BCUT2D eigenvalue weighted by molar-refractivity contribution is -0.140. The van der Waals surface area contributed by atoms with Crippen LogP contribution in [-0.2, 0) is 32.6 Å². The molecule has 0 aliphatic rings.